The maximum Gasteiger partial charge on any atom is 0.404 e. The molecule has 2 aromatic rings. The maximum atomic E-state index is 14.0. The number of halogens is 4. The number of nitrogens with zero attached hydrogens (tertiary/aromatic N) is 3. The van der Waals surface area contributed by atoms with Gasteiger partial charge in [-0.25, -0.2) is 0 Å². The van der Waals surface area contributed by atoms with Crippen LogP contribution < -0.4 is 9.64 Å². The molecule has 42 heavy (non-hydrogen) atoms. The van der Waals surface area contributed by atoms with Gasteiger partial charge in [-0.15, -0.1) is 0 Å². The fourth-order valence-corrected chi connectivity index (χ4v) is 6.19. The predicted octanol–water partition coefficient (Wildman–Crippen LogP) is 5.81. The second kappa shape index (κ2) is 13.1. The van der Waals surface area contributed by atoms with E-state index in [1.807, 2.05) is 26.0 Å². The molecule has 0 radical (unpaired) electrons. The van der Waals surface area contributed by atoms with Gasteiger partial charge in [-0.3, -0.25) is 9.59 Å². The summed E-state index contributed by atoms with van der Waals surface area (Å²) in [5.74, 6) is -2.62. The van der Waals surface area contributed by atoms with Gasteiger partial charge >= 0.3 is 6.18 Å². The van der Waals surface area contributed by atoms with Crippen molar-refractivity contribution in [1.29, 1.82) is 0 Å². The van der Waals surface area contributed by atoms with Crippen LogP contribution in [0.1, 0.15) is 61.4 Å². The third-order valence-electron chi connectivity index (χ3n) is 8.95. The fraction of sp³-hybridized carbons (Fsp3) is 0.548. The van der Waals surface area contributed by atoms with E-state index >= 15 is 0 Å². The van der Waals surface area contributed by atoms with Gasteiger partial charge in [-0.05, 0) is 86.8 Å². The molecule has 2 unspecified atom stereocenters. The minimum Gasteiger partial charge on any atom is -0.497 e. The average Bonchev–Trinajstić information content (AvgIpc) is 3.61. The van der Waals surface area contributed by atoms with E-state index in [0.29, 0.717) is 22.9 Å². The number of amides is 2. The Morgan fingerprint density at radius 3 is 2.36 bits per heavy atom. The normalized spacial score (nSPS) is 18.3. The van der Waals surface area contributed by atoms with Crippen LogP contribution in [0.4, 0.5) is 18.9 Å². The minimum absolute atomic E-state index is 0. The summed E-state index contributed by atoms with van der Waals surface area (Å²) >= 11 is 6.50. The molecule has 1 saturated carbocycles. The molecule has 0 bridgehead atoms. The van der Waals surface area contributed by atoms with Gasteiger partial charge in [0.1, 0.15) is 5.75 Å². The van der Waals surface area contributed by atoms with Crippen molar-refractivity contribution in [1.82, 2.24) is 9.80 Å². The zero-order valence-corrected chi connectivity index (χ0v) is 25.6. The molecule has 1 spiro atoms. The molecule has 1 aliphatic heterocycles. The fourth-order valence-electron chi connectivity index (χ4n) is 5.93. The Bertz CT molecular complexity index is 1260. The molecule has 1 aliphatic carbocycles. The van der Waals surface area contributed by atoms with Crippen LogP contribution in [0.2, 0.25) is 5.02 Å². The lowest BCUT2D eigenvalue weighted by atomic mass is 9.89. The largest absolute Gasteiger partial charge is 0.497 e. The molecule has 1 heterocycles. The third kappa shape index (κ3) is 7.14. The number of carbonyl (C=O) groups is 2. The Hall–Kier alpha value is -2.98. The van der Waals surface area contributed by atoms with E-state index in [-0.39, 0.29) is 40.7 Å². The Balaban J connectivity index is 0.00000484. The van der Waals surface area contributed by atoms with Gasteiger partial charge < -0.3 is 24.9 Å². The summed E-state index contributed by atoms with van der Waals surface area (Å²) in [6.45, 7) is 5.86. The van der Waals surface area contributed by atoms with Crippen molar-refractivity contribution in [2.24, 2.45) is 11.3 Å². The third-order valence-corrected chi connectivity index (χ3v) is 9.26. The van der Waals surface area contributed by atoms with Crippen molar-refractivity contribution >= 4 is 29.1 Å². The van der Waals surface area contributed by atoms with Gasteiger partial charge in [-0.1, -0.05) is 23.7 Å². The molecular weight excluding hydrogens is 571 g/mol. The molecule has 1 saturated heterocycles. The quantitative estimate of drug-likeness (QED) is 0.358. The molecular formula is C31H41ClF3N3O4. The van der Waals surface area contributed by atoms with Crippen LogP contribution in [0.25, 0.3) is 0 Å². The summed E-state index contributed by atoms with van der Waals surface area (Å²) in [6, 6.07) is 11.3. The zero-order chi connectivity index (χ0) is 30.1. The van der Waals surface area contributed by atoms with Crippen LogP contribution in [-0.2, 0) is 4.79 Å². The van der Waals surface area contributed by atoms with Crippen LogP contribution in [0.3, 0.4) is 0 Å². The van der Waals surface area contributed by atoms with Crippen molar-refractivity contribution in [2.45, 2.75) is 57.7 Å². The summed E-state index contributed by atoms with van der Waals surface area (Å²) in [5.41, 5.74) is 1.52. The molecule has 232 valence electrons. The van der Waals surface area contributed by atoms with E-state index in [1.165, 1.54) is 37.3 Å². The summed E-state index contributed by atoms with van der Waals surface area (Å²) in [4.78, 5) is 30.8. The van der Waals surface area contributed by atoms with Crippen LogP contribution in [0.15, 0.2) is 42.5 Å². The number of methoxy groups -OCH3 is 1. The number of rotatable bonds is 9. The highest BCUT2D eigenvalue weighted by Crippen LogP contribution is 2.61. The summed E-state index contributed by atoms with van der Waals surface area (Å²) < 4.78 is 46.9. The first-order valence-electron chi connectivity index (χ1n) is 14.0. The first-order chi connectivity index (χ1) is 19.3. The van der Waals surface area contributed by atoms with Crippen LogP contribution >= 0.6 is 11.6 Å². The number of hydrogen-bond acceptors (Lipinski definition) is 4. The van der Waals surface area contributed by atoms with Crippen molar-refractivity contribution < 1.29 is 33.0 Å². The molecule has 4 rings (SSSR count). The van der Waals surface area contributed by atoms with E-state index in [9.17, 15) is 22.8 Å². The Morgan fingerprint density at radius 2 is 1.79 bits per heavy atom. The molecule has 11 heteroatoms. The molecule has 2 N–H and O–H groups in total. The molecule has 2 aromatic carbocycles. The first-order valence-corrected chi connectivity index (χ1v) is 14.4. The van der Waals surface area contributed by atoms with E-state index in [4.69, 9.17) is 16.3 Å². The lowest BCUT2D eigenvalue weighted by Crippen LogP contribution is -2.39. The van der Waals surface area contributed by atoms with Crippen molar-refractivity contribution in [2.75, 3.05) is 45.7 Å². The number of carbonyl (C=O) groups excluding carboxylic acids is 2. The minimum atomic E-state index is -4.70. The van der Waals surface area contributed by atoms with E-state index in [1.54, 1.807) is 24.1 Å². The molecule has 0 aromatic heterocycles. The second-order valence-electron chi connectivity index (χ2n) is 11.7. The smallest absolute Gasteiger partial charge is 0.404 e. The Kier molecular flexibility index (Phi) is 10.5. The van der Waals surface area contributed by atoms with Crippen LogP contribution in [-0.4, -0.2) is 80.1 Å². The van der Waals surface area contributed by atoms with E-state index in [0.717, 1.165) is 38.0 Å². The van der Waals surface area contributed by atoms with Crippen molar-refractivity contribution in [3.8, 4) is 5.75 Å². The van der Waals surface area contributed by atoms with Gasteiger partial charge in [0.15, 0.2) is 5.92 Å². The number of piperidine rings is 1. The number of anilines is 1. The second-order valence-corrected chi connectivity index (χ2v) is 12.1. The number of ether oxygens (including phenoxy) is 1. The highest BCUT2D eigenvalue weighted by atomic mass is 35.5. The van der Waals surface area contributed by atoms with Crippen molar-refractivity contribution in [3.63, 3.8) is 0 Å². The standard InChI is InChI=1S/C31H39ClF3N3O3.H2O/c1-20(2)37(4)28(39)25-10-9-23(18-26(25)32)38-15-12-30(13-16-38)19-22(30)11-14-36(3)29(40)27(31(33,34)35)21-7-6-8-24(17-21)41-5;/h6-10,17-18,20,22,27H,11-16,19H2,1-5H3;1H2. The molecule has 2 atom stereocenters. The summed E-state index contributed by atoms with van der Waals surface area (Å²) in [5, 5.41) is 0.434. The Morgan fingerprint density at radius 1 is 1.12 bits per heavy atom. The molecule has 2 fully saturated rings. The van der Waals surface area contributed by atoms with Crippen molar-refractivity contribution in [3.05, 3.63) is 58.6 Å². The van der Waals surface area contributed by atoms with E-state index < -0.39 is 18.0 Å². The van der Waals surface area contributed by atoms with Gasteiger partial charge in [0.05, 0.1) is 17.7 Å². The number of likely N-dealkylation sites (N-methyl/N-ethyl adjacent to an activating group) is 1. The lowest BCUT2D eigenvalue weighted by molar-refractivity contribution is -0.171. The topological polar surface area (TPSA) is 84.6 Å². The van der Waals surface area contributed by atoms with Gasteiger partial charge in [0.2, 0.25) is 5.91 Å². The first kappa shape index (κ1) is 33.5. The Labute approximate surface area is 250 Å². The predicted molar refractivity (Wildman–Crippen MR) is 158 cm³/mol. The monoisotopic (exact) mass is 611 g/mol. The average molecular weight is 612 g/mol. The lowest BCUT2D eigenvalue weighted by Gasteiger charge is -2.35. The van der Waals surface area contributed by atoms with Gasteiger partial charge in [-0.2, -0.15) is 13.2 Å². The highest BCUT2D eigenvalue weighted by molar-refractivity contribution is 6.34. The summed E-state index contributed by atoms with van der Waals surface area (Å²) in [7, 11) is 4.60. The molecule has 2 amide bonds. The van der Waals surface area contributed by atoms with E-state index in [2.05, 4.69) is 4.90 Å². The highest BCUT2D eigenvalue weighted by Gasteiger charge is 2.54. The SMILES string of the molecule is COc1cccc(C(C(=O)N(C)CCC2CC23CCN(c2ccc(C(=O)N(C)C(C)C)c(Cl)c2)CC3)C(F)(F)F)c1.O. The molecule has 2 aliphatic rings. The van der Waals surface area contributed by atoms with Gasteiger partial charge in [0.25, 0.3) is 5.91 Å². The van der Waals surface area contributed by atoms with Crippen LogP contribution in [0.5, 0.6) is 5.75 Å². The zero-order valence-electron chi connectivity index (χ0n) is 24.8. The molecule has 7 nitrogen and oxygen atoms in total. The number of benzene rings is 2. The summed E-state index contributed by atoms with van der Waals surface area (Å²) in [6.07, 6.45) is -1.06. The maximum absolute atomic E-state index is 14.0. The van der Waals surface area contributed by atoms with Crippen LogP contribution in [0, 0.1) is 11.3 Å². The number of hydrogen-bond donors (Lipinski definition) is 0. The number of alkyl halides is 3. The van der Waals surface area contributed by atoms with Gasteiger partial charge in [0, 0.05) is 45.5 Å².